The molecule has 31 heavy (non-hydrogen) atoms. The largest absolute Gasteiger partial charge is 0.497 e. The van der Waals surface area contributed by atoms with Crippen LogP contribution in [-0.2, 0) is 0 Å². The number of nitrogens with zero attached hydrogens (tertiary/aromatic N) is 4. The van der Waals surface area contributed by atoms with Crippen LogP contribution in [-0.4, -0.2) is 78.6 Å². The van der Waals surface area contributed by atoms with Crippen LogP contribution in [0.4, 0.5) is 17.3 Å². The van der Waals surface area contributed by atoms with Crippen LogP contribution in [0.3, 0.4) is 0 Å². The van der Waals surface area contributed by atoms with Crippen LogP contribution in [0.1, 0.15) is 23.2 Å². The Labute approximate surface area is 182 Å². The van der Waals surface area contributed by atoms with E-state index in [1.54, 1.807) is 29.9 Å². The van der Waals surface area contributed by atoms with Crippen molar-refractivity contribution in [3.8, 4) is 5.88 Å². The number of hydrogen-bond donors (Lipinski definition) is 4. The quantitative estimate of drug-likeness (QED) is 0.326. The molecule has 2 atom stereocenters. The summed E-state index contributed by atoms with van der Waals surface area (Å²) in [7, 11) is 7.62. The topological polar surface area (TPSA) is 126 Å². The second kappa shape index (κ2) is 8.14. The number of fused-ring (bicyclic) bond motifs is 1. The van der Waals surface area contributed by atoms with Gasteiger partial charge < -0.3 is 25.8 Å². The zero-order valence-electron chi connectivity index (χ0n) is 18.0. The Balaban J connectivity index is 1.67. The molecule has 0 radical (unpaired) electrons. The van der Waals surface area contributed by atoms with E-state index < -0.39 is 11.4 Å². The van der Waals surface area contributed by atoms with Gasteiger partial charge in [0.15, 0.2) is 5.65 Å². The molecule has 1 amide bonds. The fraction of sp³-hybridized carbons (Fsp3) is 0.333. The number of rotatable bonds is 7. The first kappa shape index (κ1) is 21.0. The predicted molar refractivity (Wildman–Crippen MR) is 126 cm³/mol. The molecule has 4 N–H and O–H groups in total. The second-order valence-electron chi connectivity index (χ2n) is 8.49. The van der Waals surface area contributed by atoms with E-state index in [0.29, 0.717) is 40.8 Å². The van der Waals surface area contributed by atoms with Gasteiger partial charge in [0, 0.05) is 24.6 Å². The van der Waals surface area contributed by atoms with Gasteiger partial charge in [0.2, 0.25) is 5.88 Å². The molecule has 13 heteroatoms. The fourth-order valence-corrected chi connectivity index (χ4v) is 3.26. The number of carbonyl (C=O) groups is 1. The van der Waals surface area contributed by atoms with Crippen molar-refractivity contribution in [3.63, 3.8) is 0 Å². The third kappa shape index (κ3) is 4.46. The van der Waals surface area contributed by atoms with Gasteiger partial charge in [0.1, 0.15) is 46.4 Å². The number of carbonyl (C=O) groups excluding carboxylic acids is 1. The van der Waals surface area contributed by atoms with E-state index in [0.717, 1.165) is 6.42 Å². The summed E-state index contributed by atoms with van der Waals surface area (Å²) in [5, 5.41) is 22.8. The van der Waals surface area contributed by atoms with Crippen LogP contribution in [0.2, 0.25) is 0 Å². The molecule has 3 aromatic heterocycles. The second-order valence-corrected chi connectivity index (χ2v) is 8.49. The van der Waals surface area contributed by atoms with E-state index in [1.807, 2.05) is 29.6 Å². The van der Waals surface area contributed by atoms with Gasteiger partial charge in [-0.25, -0.2) is 9.97 Å². The predicted octanol–water partition coefficient (Wildman–Crippen LogP) is -1.95. The van der Waals surface area contributed by atoms with Gasteiger partial charge >= 0.3 is 0 Å². The summed E-state index contributed by atoms with van der Waals surface area (Å²) in [6.07, 6.45) is 4.09. The van der Waals surface area contributed by atoms with Crippen LogP contribution >= 0.6 is 0 Å². The molecule has 0 unspecified atom stereocenters. The lowest BCUT2D eigenvalue weighted by Gasteiger charge is -2.32. The maximum atomic E-state index is 12.8. The van der Waals surface area contributed by atoms with Gasteiger partial charge in [0.05, 0.1) is 18.3 Å². The van der Waals surface area contributed by atoms with E-state index in [4.69, 9.17) is 4.74 Å². The first-order valence-electron chi connectivity index (χ1n) is 10.2. The summed E-state index contributed by atoms with van der Waals surface area (Å²) in [6.45, 7) is 0. The molecule has 10 nitrogen and oxygen atoms in total. The van der Waals surface area contributed by atoms with Gasteiger partial charge in [-0.05, 0) is 25.0 Å². The van der Waals surface area contributed by atoms with Gasteiger partial charge in [0.25, 0.3) is 5.91 Å². The number of aromatic nitrogens is 4. The minimum Gasteiger partial charge on any atom is -0.497 e. The highest BCUT2D eigenvalue weighted by molar-refractivity contribution is 6.58. The Hall–Kier alpha value is -3.21. The number of hydrogen-bond acceptors (Lipinski definition) is 8. The van der Waals surface area contributed by atoms with Crippen molar-refractivity contribution in [1.82, 2.24) is 24.9 Å². The molecule has 0 aliphatic heterocycles. The Morgan fingerprint density at radius 3 is 2.81 bits per heavy atom. The number of anilines is 3. The third-order valence-electron chi connectivity index (χ3n) is 4.96. The maximum absolute atomic E-state index is 12.8. The number of aliphatic hydroxyl groups excluding tert-OH is 1. The Kier molecular flexibility index (Phi) is 5.53. The normalized spacial score (nSPS) is 18.3. The maximum Gasteiger partial charge on any atom is 0.257 e. The smallest absolute Gasteiger partial charge is 0.257 e. The van der Waals surface area contributed by atoms with Gasteiger partial charge in [-0.2, -0.15) is 9.61 Å². The molecule has 3 aromatic rings. The molecule has 1 fully saturated rings. The highest BCUT2D eigenvalue weighted by atomic mass is 16.5. The minimum atomic E-state index is -0.504. The van der Waals surface area contributed by atoms with Crippen LogP contribution in [0.15, 0.2) is 30.6 Å². The summed E-state index contributed by atoms with van der Waals surface area (Å²) in [5.74, 6) is 1.29. The molecule has 3 heterocycles. The average molecular weight is 419 g/mol. The average Bonchev–Trinajstić information content (AvgIpc) is 3.14. The minimum absolute atomic E-state index is 0.236. The van der Waals surface area contributed by atoms with Gasteiger partial charge in [-0.1, -0.05) is 0 Å². The molecular weight excluding hydrogens is 395 g/mol. The number of aliphatic hydroxyl groups is 1. The molecule has 158 valence electrons. The molecule has 0 aromatic carbocycles. The highest BCUT2D eigenvalue weighted by Gasteiger charge is 2.31. The molecule has 4 rings (SSSR count). The zero-order chi connectivity index (χ0) is 22.2. The van der Waals surface area contributed by atoms with Crippen molar-refractivity contribution in [3.05, 3.63) is 36.2 Å². The molecule has 0 spiro atoms. The Morgan fingerprint density at radius 1 is 1.35 bits per heavy atom. The van der Waals surface area contributed by atoms with Crippen LogP contribution in [0.5, 0.6) is 5.88 Å². The lowest BCUT2D eigenvalue weighted by Crippen LogP contribution is -2.50. The number of nitrogens with one attached hydrogen (secondary N) is 3. The van der Waals surface area contributed by atoms with Gasteiger partial charge in [-0.15, -0.1) is 0 Å². The highest BCUT2D eigenvalue weighted by Crippen LogP contribution is 2.28. The van der Waals surface area contributed by atoms with E-state index in [1.165, 1.54) is 6.20 Å². The summed E-state index contributed by atoms with van der Waals surface area (Å²) < 4.78 is 7.51. The molecular formula is C18H24B3N7O3. The van der Waals surface area contributed by atoms with Crippen molar-refractivity contribution in [2.75, 3.05) is 17.7 Å². The van der Waals surface area contributed by atoms with Crippen LogP contribution in [0, 0.1) is 0 Å². The lowest BCUT2D eigenvalue weighted by molar-refractivity contribution is 0.0448. The van der Waals surface area contributed by atoms with E-state index >= 15 is 0 Å². The number of pyridine rings is 1. The Morgan fingerprint density at radius 2 is 2.16 bits per heavy atom. The van der Waals surface area contributed by atoms with Crippen molar-refractivity contribution in [2.45, 2.75) is 30.3 Å². The van der Waals surface area contributed by atoms with Crippen LogP contribution in [0.25, 0.3) is 5.65 Å². The van der Waals surface area contributed by atoms with Crippen LogP contribution < -0.4 is 20.7 Å². The zero-order valence-corrected chi connectivity index (χ0v) is 18.0. The summed E-state index contributed by atoms with van der Waals surface area (Å²) >= 11 is 0. The number of amides is 1. The summed E-state index contributed by atoms with van der Waals surface area (Å²) in [5.41, 5.74) is 1.37. The SMILES string of the molecule is BC(B)(B)Oc1ncccc1Nc1cc(NC)n2ncc(C(=O)N[C@H]3CC[C@@H]3O)c2n1. The standard InChI is InChI=1S/C18H24B3N7O3/c1-22-14-7-13(25-11-3-2-6-23-17(11)31-18(19,20)21)27-15-9(8-24-28(14)15)16(30)26-10-4-5-12(10)29/h2-3,6-8,10,12,22,29H,4-5,19-21H2,1H3,(H,25,27)(H,26,30)/t10-,12-/m0/s1. The molecule has 1 aliphatic carbocycles. The van der Waals surface area contributed by atoms with Gasteiger partial charge in [-0.3, -0.25) is 4.79 Å². The molecule has 0 bridgehead atoms. The van der Waals surface area contributed by atoms with Crippen molar-refractivity contribution in [2.24, 2.45) is 0 Å². The van der Waals surface area contributed by atoms with Crippen molar-refractivity contribution < 1.29 is 14.6 Å². The molecule has 0 saturated heterocycles. The van der Waals surface area contributed by atoms with Crippen molar-refractivity contribution >= 4 is 52.4 Å². The first-order chi connectivity index (χ1) is 14.7. The summed E-state index contributed by atoms with van der Waals surface area (Å²) in [6, 6.07) is 5.20. The Bertz CT molecular complexity index is 1120. The third-order valence-corrected chi connectivity index (χ3v) is 4.96. The first-order valence-corrected chi connectivity index (χ1v) is 10.2. The molecule has 1 saturated carbocycles. The summed E-state index contributed by atoms with van der Waals surface area (Å²) in [4.78, 5) is 21.7. The lowest BCUT2D eigenvalue weighted by atomic mass is 9.52. The van der Waals surface area contributed by atoms with E-state index in [2.05, 4.69) is 31.0 Å². The monoisotopic (exact) mass is 419 g/mol. The fourth-order valence-electron chi connectivity index (χ4n) is 3.26. The number of ether oxygens (including phenoxy) is 1. The van der Waals surface area contributed by atoms with E-state index in [9.17, 15) is 9.90 Å². The van der Waals surface area contributed by atoms with Crippen molar-refractivity contribution in [1.29, 1.82) is 0 Å². The van der Waals surface area contributed by atoms with E-state index in [-0.39, 0.29) is 11.9 Å². The molecule has 1 aliphatic rings.